The van der Waals surface area contributed by atoms with Gasteiger partial charge >= 0.3 is 5.97 Å². The van der Waals surface area contributed by atoms with Gasteiger partial charge in [-0.2, -0.15) is 0 Å². The van der Waals surface area contributed by atoms with E-state index < -0.39 is 0 Å². The van der Waals surface area contributed by atoms with E-state index in [1.807, 2.05) is 36.5 Å². The van der Waals surface area contributed by atoms with Crippen molar-refractivity contribution in [1.82, 2.24) is 4.98 Å². The van der Waals surface area contributed by atoms with Crippen LogP contribution in [0.15, 0.2) is 58.8 Å². The maximum absolute atomic E-state index is 12.6. The van der Waals surface area contributed by atoms with Crippen LogP contribution in [-0.4, -0.2) is 29.9 Å². The van der Waals surface area contributed by atoms with E-state index in [2.05, 4.69) is 28.3 Å². The van der Waals surface area contributed by atoms with Crippen LogP contribution in [0.4, 0.5) is 5.69 Å². The fourth-order valence-corrected chi connectivity index (χ4v) is 3.12. The first-order chi connectivity index (χ1) is 12.7. The fraction of sp³-hybridized carbons (Fsp3) is 0.333. The highest BCUT2D eigenvalue weighted by Crippen LogP contribution is 2.32. The number of rotatable bonds is 6. The van der Waals surface area contributed by atoms with Crippen molar-refractivity contribution in [3.8, 4) is 0 Å². The van der Waals surface area contributed by atoms with Crippen LogP contribution in [0, 0.1) is 5.92 Å². The molecule has 1 aliphatic heterocycles. The molecule has 26 heavy (non-hydrogen) atoms. The molecule has 134 valence electrons. The van der Waals surface area contributed by atoms with Crippen LogP contribution in [0.3, 0.4) is 0 Å². The van der Waals surface area contributed by atoms with Gasteiger partial charge in [0.2, 0.25) is 0 Å². The first-order valence-electron chi connectivity index (χ1n) is 9.21. The average molecular weight is 349 g/mol. The third-order valence-electron chi connectivity index (χ3n) is 4.75. The van der Waals surface area contributed by atoms with Crippen molar-refractivity contribution >= 4 is 28.4 Å². The Morgan fingerprint density at radius 2 is 2.27 bits per heavy atom. The number of esters is 1. The molecule has 2 aliphatic rings. The Bertz CT molecular complexity index is 920. The summed E-state index contributed by atoms with van der Waals surface area (Å²) in [5.41, 5.74) is 3.89. The van der Waals surface area contributed by atoms with Gasteiger partial charge < -0.3 is 15.0 Å². The van der Waals surface area contributed by atoms with Crippen molar-refractivity contribution in [3.63, 3.8) is 0 Å². The minimum Gasteiger partial charge on any atom is -0.462 e. The number of hydrogen-bond acceptors (Lipinski definition) is 4. The van der Waals surface area contributed by atoms with Crippen LogP contribution in [0.5, 0.6) is 0 Å². The Morgan fingerprint density at radius 3 is 3.08 bits per heavy atom. The summed E-state index contributed by atoms with van der Waals surface area (Å²) in [6.45, 7) is 3.20. The zero-order valence-corrected chi connectivity index (χ0v) is 14.9. The third-order valence-corrected chi connectivity index (χ3v) is 4.75. The summed E-state index contributed by atoms with van der Waals surface area (Å²) in [7, 11) is 0. The van der Waals surface area contributed by atoms with Crippen LogP contribution in [-0.2, 0) is 9.53 Å². The minimum absolute atomic E-state index is 0.224. The molecule has 0 radical (unpaired) electrons. The van der Waals surface area contributed by atoms with Gasteiger partial charge in [0.15, 0.2) is 0 Å². The Morgan fingerprint density at radius 1 is 1.38 bits per heavy atom. The number of aromatic nitrogens is 1. The number of H-pyrrole nitrogens is 1. The zero-order valence-electron chi connectivity index (χ0n) is 14.9. The standard InChI is InChI=1S/C21H23N3O2/c1-2-3-10-26-21(25)18-12-16(14-4-5-14)13-23-20(18)24-17-6-7-19-15(11-17)8-9-22-19/h4,6-9,11-12,16,22H,2-3,5,10,13H2,1H3,(H,23,24). The van der Waals surface area contributed by atoms with E-state index in [-0.39, 0.29) is 11.9 Å². The molecule has 1 atom stereocenters. The van der Waals surface area contributed by atoms with Crippen molar-refractivity contribution in [2.45, 2.75) is 26.2 Å². The smallest absolute Gasteiger partial charge is 0.341 e. The van der Waals surface area contributed by atoms with Crippen molar-refractivity contribution in [1.29, 1.82) is 0 Å². The number of nitrogens with zero attached hydrogens (tertiary/aromatic N) is 1. The average Bonchev–Trinajstić information content (AvgIpc) is 3.40. The number of dihydropyridines is 1. The molecule has 2 N–H and O–H groups in total. The molecule has 1 aromatic carbocycles. The van der Waals surface area contributed by atoms with Gasteiger partial charge in [0, 0.05) is 28.7 Å². The molecular formula is C21H23N3O2. The Kier molecular flexibility index (Phi) is 4.61. The van der Waals surface area contributed by atoms with E-state index in [9.17, 15) is 4.79 Å². The number of benzene rings is 1. The lowest BCUT2D eigenvalue weighted by Gasteiger charge is -2.20. The number of carbonyl (C=O) groups is 1. The largest absolute Gasteiger partial charge is 0.462 e. The number of amidine groups is 1. The Hall–Kier alpha value is -2.82. The van der Waals surface area contributed by atoms with Crippen molar-refractivity contribution in [3.05, 3.63) is 53.8 Å². The maximum atomic E-state index is 12.6. The minimum atomic E-state index is -0.293. The van der Waals surface area contributed by atoms with Gasteiger partial charge in [-0.25, -0.2) is 4.79 Å². The number of ether oxygens (including phenoxy) is 1. The number of aliphatic imine (C=N–C) groups is 1. The van der Waals surface area contributed by atoms with Gasteiger partial charge in [0.1, 0.15) is 5.84 Å². The predicted molar refractivity (Wildman–Crippen MR) is 104 cm³/mol. The molecule has 1 aliphatic carbocycles. The first kappa shape index (κ1) is 16.6. The lowest BCUT2D eigenvalue weighted by Crippen LogP contribution is -2.28. The molecule has 0 bridgehead atoms. The number of nitrogens with one attached hydrogen (secondary N) is 2. The molecule has 4 rings (SSSR count). The molecule has 0 amide bonds. The topological polar surface area (TPSA) is 66.5 Å². The van der Waals surface area contributed by atoms with Crippen LogP contribution in [0.1, 0.15) is 26.2 Å². The summed E-state index contributed by atoms with van der Waals surface area (Å²) in [5.74, 6) is 0.527. The van der Waals surface area contributed by atoms with Gasteiger partial charge in [0.05, 0.1) is 18.7 Å². The van der Waals surface area contributed by atoms with Crippen LogP contribution >= 0.6 is 0 Å². The summed E-state index contributed by atoms with van der Waals surface area (Å²) in [4.78, 5) is 20.4. The van der Waals surface area contributed by atoms with E-state index in [4.69, 9.17) is 4.74 Å². The lowest BCUT2D eigenvalue weighted by atomic mass is 9.99. The summed E-state index contributed by atoms with van der Waals surface area (Å²) < 4.78 is 5.44. The van der Waals surface area contributed by atoms with Gasteiger partial charge in [-0.05, 0) is 37.1 Å². The van der Waals surface area contributed by atoms with Crippen molar-refractivity contribution in [2.24, 2.45) is 10.9 Å². The van der Waals surface area contributed by atoms with Crippen LogP contribution < -0.4 is 5.32 Å². The lowest BCUT2D eigenvalue weighted by molar-refractivity contribution is -0.138. The predicted octanol–water partition coefficient (Wildman–Crippen LogP) is 4.21. The Labute approximate surface area is 152 Å². The number of unbranched alkanes of at least 4 members (excludes halogenated alkanes) is 1. The molecule has 1 unspecified atom stereocenters. The normalized spacial score (nSPS) is 18.8. The fourth-order valence-electron chi connectivity index (χ4n) is 3.12. The summed E-state index contributed by atoms with van der Waals surface area (Å²) in [6.07, 6.45) is 9.01. The monoisotopic (exact) mass is 349 g/mol. The highest BCUT2D eigenvalue weighted by atomic mass is 16.5. The number of anilines is 1. The molecule has 0 saturated carbocycles. The molecule has 1 aromatic heterocycles. The molecule has 5 nitrogen and oxygen atoms in total. The number of carbonyl (C=O) groups excluding carboxylic acids is 1. The van der Waals surface area contributed by atoms with Gasteiger partial charge in [-0.1, -0.05) is 31.1 Å². The number of fused-ring (bicyclic) bond motifs is 1. The second-order valence-corrected chi connectivity index (χ2v) is 6.75. The molecule has 0 saturated heterocycles. The molecular weight excluding hydrogens is 326 g/mol. The molecule has 5 heteroatoms. The number of aromatic amines is 1. The summed E-state index contributed by atoms with van der Waals surface area (Å²) >= 11 is 0. The van der Waals surface area contributed by atoms with Crippen molar-refractivity contribution in [2.75, 3.05) is 18.5 Å². The number of hydrogen-bond donors (Lipinski definition) is 2. The van der Waals surface area contributed by atoms with Gasteiger partial charge in [-0.15, -0.1) is 0 Å². The van der Waals surface area contributed by atoms with Crippen molar-refractivity contribution < 1.29 is 9.53 Å². The highest BCUT2D eigenvalue weighted by Gasteiger charge is 2.28. The molecule has 0 spiro atoms. The first-order valence-corrected chi connectivity index (χ1v) is 9.21. The van der Waals surface area contributed by atoms with E-state index in [1.54, 1.807) is 0 Å². The third kappa shape index (κ3) is 3.57. The van der Waals surface area contributed by atoms with Crippen LogP contribution in [0.2, 0.25) is 0 Å². The SMILES string of the molecule is CCCCOC(=O)C1=CC(C2=CC2)CN=C1Nc1ccc2[nH]ccc2c1. The van der Waals surface area contributed by atoms with Gasteiger partial charge in [0.25, 0.3) is 0 Å². The second kappa shape index (κ2) is 7.20. The summed E-state index contributed by atoms with van der Waals surface area (Å²) in [5, 5.41) is 4.43. The van der Waals surface area contributed by atoms with Crippen LogP contribution in [0.25, 0.3) is 10.9 Å². The Balaban J connectivity index is 1.54. The maximum Gasteiger partial charge on any atom is 0.341 e. The van der Waals surface area contributed by atoms with E-state index >= 15 is 0 Å². The summed E-state index contributed by atoms with van der Waals surface area (Å²) in [6, 6.07) is 8.07. The highest BCUT2D eigenvalue weighted by molar-refractivity contribution is 6.24. The number of allylic oxidation sites excluding steroid dienone is 1. The molecule has 0 fully saturated rings. The van der Waals surface area contributed by atoms with E-state index in [0.717, 1.165) is 35.9 Å². The zero-order chi connectivity index (χ0) is 17.9. The van der Waals surface area contributed by atoms with E-state index in [0.29, 0.717) is 24.6 Å². The molecule has 2 aromatic rings. The quantitative estimate of drug-likeness (QED) is 0.466. The van der Waals surface area contributed by atoms with E-state index in [1.165, 1.54) is 5.57 Å². The molecule has 2 heterocycles. The van der Waals surface area contributed by atoms with Gasteiger partial charge in [-0.3, -0.25) is 4.99 Å². The second-order valence-electron chi connectivity index (χ2n) is 6.75.